The van der Waals surface area contributed by atoms with Crippen molar-refractivity contribution in [2.75, 3.05) is 18.1 Å². The standard InChI is InChI=1S/C15H18F3NO2/c1-3-12-9-21-10(2)7-19(12)14-5-4-11(8-20)6-13(14)15(16,17)18/h4-6,8,10,12H,3,7,9H2,1-2H3. The van der Waals surface area contributed by atoms with Crippen LogP contribution in [0.25, 0.3) is 0 Å². The molecule has 2 unspecified atom stereocenters. The van der Waals surface area contributed by atoms with E-state index in [-0.39, 0.29) is 23.4 Å². The number of halogens is 3. The van der Waals surface area contributed by atoms with E-state index in [1.807, 2.05) is 13.8 Å². The molecule has 1 aromatic carbocycles. The Hall–Kier alpha value is -1.56. The molecule has 1 aromatic rings. The molecule has 6 heteroatoms. The van der Waals surface area contributed by atoms with E-state index >= 15 is 0 Å². The molecule has 1 aliphatic rings. The normalized spacial score (nSPS) is 23.2. The van der Waals surface area contributed by atoms with Gasteiger partial charge in [-0.2, -0.15) is 13.2 Å². The maximum Gasteiger partial charge on any atom is 0.418 e. The molecule has 0 aliphatic carbocycles. The number of benzene rings is 1. The average molecular weight is 301 g/mol. The number of alkyl halides is 3. The number of aldehydes is 1. The summed E-state index contributed by atoms with van der Waals surface area (Å²) in [6.07, 6.45) is -3.49. The van der Waals surface area contributed by atoms with Crippen molar-refractivity contribution in [2.45, 2.75) is 38.6 Å². The molecule has 3 nitrogen and oxygen atoms in total. The summed E-state index contributed by atoms with van der Waals surface area (Å²) >= 11 is 0. The van der Waals surface area contributed by atoms with Gasteiger partial charge in [0, 0.05) is 17.8 Å². The summed E-state index contributed by atoms with van der Waals surface area (Å²) in [5.41, 5.74) is -0.616. The van der Waals surface area contributed by atoms with Gasteiger partial charge < -0.3 is 9.64 Å². The van der Waals surface area contributed by atoms with E-state index in [9.17, 15) is 18.0 Å². The van der Waals surface area contributed by atoms with Gasteiger partial charge in [-0.15, -0.1) is 0 Å². The molecular formula is C15H18F3NO2. The van der Waals surface area contributed by atoms with Crippen LogP contribution >= 0.6 is 0 Å². The number of nitrogens with zero attached hydrogens (tertiary/aromatic N) is 1. The first-order valence-corrected chi connectivity index (χ1v) is 6.91. The zero-order chi connectivity index (χ0) is 15.6. The van der Waals surface area contributed by atoms with Gasteiger partial charge in [0.15, 0.2) is 0 Å². The zero-order valence-corrected chi connectivity index (χ0v) is 12.0. The molecule has 1 aliphatic heterocycles. The van der Waals surface area contributed by atoms with Crippen LogP contribution in [0.2, 0.25) is 0 Å². The average Bonchev–Trinajstić information content (AvgIpc) is 2.45. The SMILES string of the molecule is CCC1COC(C)CN1c1ccc(C=O)cc1C(F)(F)F. The Labute approximate surface area is 121 Å². The molecule has 0 saturated carbocycles. The van der Waals surface area contributed by atoms with E-state index in [2.05, 4.69) is 0 Å². The van der Waals surface area contributed by atoms with Gasteiger partial charge in [0.1, 0.15) is 6.29 Å². The van der Waals surface area contributed by atoms with Crippen LogP contribution in [0.4, 0.5) is 18.9 Å². The quantitative estimate of drug-likeness (QED) is 0.800. The number of hydrogen-bond donors (Lipinski definition) is 0. The van der Waals surface area contributed by atoms with Crippen molar-refractivity contribution in [1.82, 2.24) is 0 Å². The summed E-state index contributed by atoms with van der Waals surface area (Å²) in [7, 11) is 0. The van der Waals surface area contributed by atoms with Crippen LogP contribution in [0.5, 0.6) is 0 Å². The number of hydrogen-bond acceptors (Lipinski definition) is 3. The fourth-order valence-corrected chi connectivity index (χ4v) is 2.58. The van der Waals surface area contributed by atoms with Crippen LogP contribution in [0.15, 0.2) is 18.2 Å². The van der Waals surface area contributed by atoms with Gasteiger partial charge >= 0.3 is 6.18 Å². The fraction of sp³-hybridized carbons (Fsp3) is 0.533. The Bertz CT molecular complexity index is 516. The van der Waals surface area contributed by atoms with Gasteiger partial charge in [-0.05, 0) is 31.5 Å². The van der Waals surface area contributed by atoms with E-state index in [0.717, 1.165) is 6.07 Å². The summed E-state index contributed by atoms with van der Waals surface area (Å²) in [5, 5.41) is 0. The first kappa shape index (κ1) is 15.8. The zero-order valence-electron chi connectivity index (χ0n) is 12.0. The Morgan fingerprint density at radius 1 is 1.43 bits per heavy atom. The topological polar surface area (TPSA) is 29.5 Å². The van der Waals surface area contributed by atoms with Crippen molar-refractivity contribution in [1.29, 1.82) is 0 Å². The maximum absolute atomic E-state index is 13.3. The van der Waals surface area contributed by atoms with Gasteiger partial charge in [0.25, 0.3) is 0 Å². The van der Waals surface area contributed by atoms with Crippen LogP contribution in [0.1, 0.15) is 36.2 Å². The molecule has 0 bridgehead atoms. The van der Waals surface area contributed by atoms with Crippen molar-refractivity contribution in [2.24, 2.45) is 0 Å². The van der Waals surface area contributed by atoms with Crippen LogP contribution in [0, 0.1) is 0 Å². The Morgan fingerprint density at radius 2 is 2.14 bits per heavy atom. The van der Waals surface area contributed by atoms with E-state index in [4.69, 9.17) is 4.74 Å². The lowest BCUT2D eigenvalue weighted by atomic mass is 10.0. The largest absolute Gasteiger partial charge is 0.418 e. The van der Waals surface area contributed by atoms with E-state index in [1.165, 1.54) is 12.1 Å². The highest BCUT2D eigenvalue weighted by molar-refractivity contribution is 5.77. The second kappa shape index (κ2) is 6.05. The lowest BCUT2D eigenvalue weighted by Gasteiger charge is -2.41. The Kier molecular flexibility index (Phi) is 4.56. The molecule has 1 heterocycles. The molecule has 0 amide bonds. The summed E-state index contributed by atoms with van der Waals surface area (Å²) < 4.78 is 45.3. The highest BCUT2D eigenvalue weighted by Gasteiger charge is 2.37. The number of rotatable bonds is 3. The minimum atomic E-state index is -4.49. The highest BCUT2D eigenvalue weighted by Crippen LogP contribution is 2.38. The molecule has 21 heavy (non-hydrogen) atoms. The monoisotopic (exact) mass is 301 g/mol. The highest BCUT2D eigenvalue weighted by atomic mass is 19.4. The predicted molar refractivity (Wildman–Crippen MR) is 73.7 cm³/mol. The van der Waals surface area contributed by atoms with E-state index in [0.29, 0.717) is 25.9 Å². The molecule has 1 saturated heterocycles. The minimum absolute atomic E-state index is 0.0282. The molecular weight excluding hydrogens is 283 g/mol. The third-order valence-corrected chi connectivity index (χ3v) is 3.71. The van der Waals surface area contributed by atoms with E-state index in [1.54, 1.807) is 4.90 Å². The van der Waals surface area contributed by atoms with Gasteiger partial charge in [-0.25, -0.2) is 0 Å². The number of morpholine rings is 1. The van der Waals surface area contributed by atoms with Crippen molar-refractivity contribution in [3.63, 3.8) is 0 Å². The Morgan fingerprint density at radius 3 is 2.71 bits per heavy atom. The molecule has 0 radical (unpaired) electrons. The lowest BCUT2D eigenvalue weighted by molar-refractivity contribution is -0.137. The van der Waals surface area contributed by atoms with Crippen molar-refractivity contribution in [3.05, 3.63) is 29.3 Å². The number of carbonyl (C=O) groups is 1. The van der Waals surface area contributed by atoms with Crippen LogP contribution in [0.3, 0.4) is 0 Å². The molecule has 116 valence electrons. The fourth-order valence-electron chi connectivity index (χ4n) is 2.58. The van der Waals surface area contributed by atoms with Gasteiger partial charge in [-0.1, -0.05) is 6.92 Å². The van der Waals surface area contributed by atoms with Crippen LogP contribution in [-0.2, 0) is 10.9 Å². The van der Waals surface area contributed by atoms with Gasteiger partial charge in [-0.3, -0.25) is 4.79 Å². The second-order valence-corrected chi connectivity index (χ2v) is 5.25. The molecule has 0 aromatic heterocycles. The minimum Gasteiger partial charge on any atom is -0.375 e. The van der Waals surface area contributed by atoms with Crippen molar-refractivity contribution in [3.8, 4) is 0 Å². The first-order valence-electron chi connectivity index (χ1n) is 6.91. The third-order valence-electron chi connectivity index (χ3n) is 3.71. The first-order chi connectivity index (χ1) is 9.86. The lowest BCUT2D eigenvalue weighted by Crippen LogP contribution is -2.49. The molecule has 0 spiro atoms. The molecule has 0 N–H and O–H groups in total. The number of ether oxygens (including phenoxy) is 1. The van der Waals surface area contributed by atoms with Gasteiger partial charge in [0.2, 0.25) is 0 Å². The van der Waals surface area contributed by atoms with Crippen LogP contribution in [-0.4, -0.2) is 31.6 Å². The van der Waals surface area contributed by atoms with Crippen molar-refractivity contribution < 1.29 is 22.7 Å². The smallest absolute Gasteiger partial charge is 0.375 e. The van der Waals surface area contributed by atoms with E-state index < -0.39 is 11.7 Å². The molecule has 2 rings (SSSR count). The predicted octanol–water partition coefficient (Wildman–Crippen LogP) is 3.52. The summed E-state index contributed by atoms with van der Waals surface area (Å²) in [5.74, 6) is 0. The maximum atomic E-state index is 13.3. The molecule has 2 atom stereocenters. The Balaban J connectivity index is 2.48. The number of anilines is 1. The number of carbonyl (C=O) groups excluding carboxylic acids is 1. The second-order valence-electron chi connectivity index (χ2n) is 5.25. The molecule has 1 fully saturated rings. The van der Waals surface area contributed by atoms with Crippen molar-refractivity contribution >= 4 is 12.0 Å². The summed E-state index contributed by atoms with van der Waals surface area (Å²) in [6.45, 7) is 4.57. The summed E-state index contributed by atoms with van der Waals surface area (Å²) in [4.78, 5) is 12.5. The van der Waals surface area contributed by atoms with Gasteiger partial charge in [0.05, 0.1) is 24.3 Å². The third kappa shape index (κ3) is 3.37. The summed E-state index contributed by atoms with van der Waals surface area (Å²) in [6, 6.07) is 3.62. The van der Waals surface area contributed by atoms with Crippen LogP contribution < -0.4 is 4.90 Å².